The molecule has 0 aliphatic rings. The van der Waals surface area contributed by atoms with Crippen molar-refractivity contribution in [2.75, 3.05) is 25.0 Å². The first kappa shape index (κ1) is 20.7. The highest BCUT2D eigenvalue weighted by molar-refractivity contribution is 7.89. The first-order valence-electron chi connectivity index (χ1n) is 8.50. The summed E-state index contributed by atoms with van der Waals surface area (Å²) in [7, 11) is -3.65. The SMILES string of the molecule is CCN(CC)S(=O)(=O)c1cc(NC(=O)COC(=O)c2ccc[nH]2)ccc1C. The van der Waals surface area contributed by atoms with E-state index in [4.69, 9.17) is 4.74 Å². The molecule has 146 valence electrons. The first-order chi connectivity index (χ1) is 12.8. The molecule has 0 spiro atoms. The lowest BCUT2D eigenvalue weighted by molar-refractivity contribution is -0.119. The fraction of sp³-hybridized carbons (Fsp3) is 0.333. The zero-order valence-corrected chi connectivity index (χ0v) is 16.3. The van der Waals surface area contributed by atoms with E-state index in [0.717, 1.165) is 0 Å². The summed E-state index contributed by atoms with van der Waals surface area (Å²) in [5.74, 6) is -1.21. The molecule has 0 aliphatic heterocycles. The van der Waals surface area contributed by atoms with Gasteiger partial charge in [-0.2, -0.15) is 4.31 Å². The molecule has 9 heteroatoms. The molecule has 2 rings (SSSR count). The molecule has 0 radical (unpaired) electrons. The Hall–Kier alpha value is -2.65. The summed E-state index contributed by atoms with van der Waals surface area (Å²) in [5.41, 5.74) is 1.14. The maximum atomic E-state index is 12.7. The Balaban J connectivity index is 2.09. The standard InChI is InChI=1S/C18H23N3O5S/c1-4-21(5-2)27(24,25)16-11-14(9-8-13(16)3)20-17(22)12-26-18(23)15-7-6-10-19-15/h6-11,19H,4-5,12H2,1-3H3,(H,20,22). The summed E-state index contributed by atoms with van der Waals surface area (Å²) < 4.78 is 31.7. The highest BCUT2D eigenvalue weighted by Gasteiger charge is 2.24. The van der Waals surface area contributed by atoms with Gasteiger partial charge in [-0.25, -0.2) is 13.2 Å². The number of ether oxygens (including phenoxy) is 1. The molecule has 1 amide bonds. The van der Waals surface area contributed by atoms with Gasteiger partial charge in [0.2, 0.25) is 10.0 Å². The van der Waals surface area contributed by atoms with Gasteiger partial charge in [0.1, 0.15) is 5.69 Å². The molecule has 8 nitrogen and oxygen atoms in total. The number of H-pyrrole nitrogens is 1. The van der Waals surface area contributed by atoms with E-state index in [1.165, 1.54) is 16.4 Å². The Morgan fingerprint density at radius 1 is 1.19 bits per heavy atom. The number of nitrogens with zero attached hydrogens (tertiary/aromatic N) is 1. The van der Waals surface area contributed by atoms with E-state index in [2.05, 4.69) is 10.3 Å². The second-order valence-electron chi connectivity index (χ2n) is 5.78. The van der Waals surface area contributed by atoms with Crippen molar-refractivity contribution in [3.8, 4) is 0 Å². The summed E-state index contributed by atoms with van der Waals surface area (Å²) >= 11 is 0. The number of sulfonamides is 1. The molecule has 27 heavy (non-hydrogen) atoms. The fourth-order valence-corrected chi connectivity index (χ4v) is 4.23. The molecule has 1 aromatic heterocycles. The van der Waals surface area contributed by atoms with Crippen LogP contribution >= 0.6 is 0 Å². The van der Waals surface area contributed by atoms with Crippen LogP contribution in [0.4, 0.5) is 5.69 Å². The number of aromatic amines is 1. The predicted octanol–water partition coefficient (Wildman–Crippen LogP) is 2.15. The molecule has 0 unspecified atom stereocenters. The monoisotopic (exact) mass is 393 g/mol. The third-order valence-electron chi connectivity index (χ3n) is 3.95. The Kier molecular flexibility index (Phi) is 6.75. The lowest BCUT2D eigenvalue weighted by Gasteiger charge is -2.20. The Morgan fingerprint density at radius 3 is 2.48 bits per heavy atom. The average Bonchev–Trinajstić information content (AvgIpc) is 3.16. The van der Waals surface area contributed by atoms with E-state index in [-0.39, 0.29) is 10.6 Å². The van der Waals surface area contributed by atoms with E-state index in [0.29, 0.717) is 24.3 Å². The van der Waals surface area contributed by atoms with Crippen LogP contribution in [0.15, 0.2) is 41.4 Å². The van der Waals surface area contributed by atoms with Crippen LogP contribution in [0.25, 0.3) is 0 Å². The minimum absolute atomic E-state index is 0.132. The number of hydrogen-bond acceptors (Lipinski definition) is 5. The molecule has 0 saturated carbocycles. The highest BCUT2D eigenvalue weighted by atomic mass is 32.2. The van der Waals surface area contributed by atoms with Gasteiger partial charge >= 0.3 is 5.97 Å². The number of carbonyl (C=O) groups is 2. The van der Waals surface area contributed by atoms with Gasteiger partial charge in [-0.15, -0.1) is 0 Å². The first-order valence-corrected chi connectivity index (χ1v) is 9.94. The molecule has 2 N–H and O–H groups in total. The minimum Gasteiger partial charge on any atom is -0.451 e. The van der Waals surface area contributed by atoms with E-state index in [1.807, 2.05) is 0 Å². The van der Waals surface area contributed by atoms with Gasteiger partial charge < -0.3 is 15.0 Å². The number of nitrogens with one attached hydrogen (secondary N) is 2. The lowest BCUT2D eigenvalue weighted by Crippen LogP contribution is -2.31. The Bertz CT molecular complexity index is 903. The number of esters is 1. The number of rotatable bonds is 8. The van der Waals surface area contributed by atoms with Crippen molar-refractivity contribution < 1.29 is 22.7 Å². The molecule has 0 aliphatic carbocycles. The molecule has 1 heterocycles. The van der Waals surface area contributed by atoms with Crippen molar-refractivity contribution in [3.63, 3.8) is 0 Å². The molecule has 0 atom stereocenters. The lowest BCUT2D eigenvalue weighted by atomic mass is 10.2. The zero-order valence-electron chi connectivity index (χ0n) is 15.5. The van der Waals surface area contributed by atoms with Crippen molar-refractivity contribution in [2.24, 2.45) is 0 Å². The molecular formula is C18H23N3O5S. The molecule has 0 fully saturated rings. The van der Waals surface area contributed by atoms with Crippen molar-refractivity contribution in [3.05, 3.63) is 47.8 Å². The third-order valence-corrected chi connectivity index (χ3v) is 6.14. The van der Waals surface area contributed by atoms with Gasteiger partial charge in [-0.1, -0.05) is 19.9 Å². The quantitative estimate of drug-likeness (QED) is 0.668. The van der Waals surface area contributed by atoms with Crippen LogP contribution in [-0.4, -0.2) is 49.3 Å². The third kappa shape index (κ3) is 4.95. The summed E-state index contributed by atoms with van der Waals surface area (Å²) in [5, 5.41) is 2.55. The molecule has 0 saturated heterocycles. The summed E-state index contributed by atoms with van der Waals surface area (Å²) in [6, 6.07) is 7.80. The fourth-order valence-electron chi connectivity index (χ4n) is 2.52. The molecule has 2 aromatic rings. The highest BCUT2D eigenvalue weighted by Crippen LogP contribution is 2.23. The largest absolute Gasteiger partial charge is 0.451 e. The van der Waals surface area contributed by atoms with Gasteiger partial charge in [0.05, 0.1) is 4.90 Å². The Morgan fingerprint density at radius 2 is 1.89 bits per heavy atom. The second-order valence-corrected chi connectivity index (χ2v) is 7.68. The van der Waals surface area contributed by atoms with Crippen LogP contribution in [0.3, 0.4) is 0 Å². The van der Waals surface area contributed by atoms with E-state index >= 15 is 0 Å². The second kappa shape index (κ2) is 8.83. The Labute approximate surface area is 158 Å². The van der Waals surface area contributed by atoms with E-state index in [1.54, 1.807) is 45.2 Å². The van der Waals surface area contributed by atoms with Gasteiger partial charge in [-0.3, -0.25) is 4.79 Å². The van der Waals surface area contributed by atoms with Crippen LogP contribution in [0.1, 0.15) is 29.9 Å². The molecule has 0 bridgehead atoms. The number of aryl methyl sites for hydroxylation is 1. The van der Waals surface area contributed by atoms with Gasteiger partial charge in [0, 0.05) is 25.0 Å². The summed E-state index contributed by atoms with van der Waals surface area (Å²) in [6.45, 7) is 5.44. The maximum Gasteiger partial charge on any atom is 0.355 e. The average molecular weight is 393 g/mol. The topological polar surface area (TPSA) is 109 Å². The van der Waals surface area contributed by atoms with Crippen LogP contribution in [0.2, 0.25) is 0 Å². The number of carbonyl (C=O) groups excluding carboxylic acids is 2. The molecular weight excluding hydrogens is 370 g/mol. The summed E-state index contributed by atoms with van der Waals surface area (Å²) in [6.07, 6.45) is 1.57. The van der Waals surface area contributed by atoms with Gasteiger partial charge in [0.15, 0.2) is 6.61 Å². The summed E-state index contributed by atoms with van der Waals surface area (Å²) in [4.78, 5) is 26.6. The van der Waals surface area contributed by atoms with Crippen molar-refractivity contribution in [1.29, 1.82) is 0 Å². The predicted molar refractivity (Wildman–Crippen MR) is 101 cm³/mol. The number of benzene rings is 1. The van der Waals surface area contributed by atoms with Crippen molar-refractivity contribution in [2.45, 2.75) is 25.7 Å². The van der Waals surface area contributed by atoms with Crippen molar-refractivity contribution in [1.82, 2.24) is 9.29 Å². The normalized spacial score (nSPS) is 11.4. The number of anilines is 1. The number of aromatic nitrogens is 1. The van der Waals surface area contributed by atoms with Gasteiger partial charge in [-0.05, 0) is 36.8 Å². The van der Waals surface area contributed by atoms with Crippen LogP contribution < -0.4 is 5.32 Å². The van der Waals surface area contributed by atoms with Crippen LogP contribution in [0.5, 0.6) is 0 Å². The van der Waals surface area contributed by atoms with Crippen LogP contribution in [-0.2, 0) is 19.6 Å². The number of hydrogen-bond donors (Lipinski definition) is 2. The minimum atomic E-state index is -3.65. The number of amides is 1. The molecule has 1 aromatic carbocycles. The van der Waals surface area contributed by atoms with E-state index in [9.17, 15) is 18.0 Å². The zero-order chi connectivity index (χ0) is 20.0. The maximum absolute atomic E-state index is 12.7. The van der Waals surface area contributed by atoms with E-state index < -0.39 is 28.5 Å². The smallest absolute Gasteiger partial charge is 0.355 e. The van der Waals surface area contributed by atoms with Crippen molar-refractivity contribution >= 4 is 27.6 Å². The van der Waals surface area contributed by atoms with Crippen LogP contribution in [0, 0.1) is 6.92 Å². The van der Waals surface area contributed by atoms with Gasteiger partial charge in [0.25, 0.3) is 5.91 Å².